The van der Waals surface area contributed by atoms with E-state index < -0.39 is 24.5 Å². The number of unbranched alkanes of at least 4 members (excludes halogenated alkanes) is 22. The molecule has 3 heterocycles. The molecule has 0 aliphatic carbocycles. The van der Waals surface area contributed by atoms with Crippen molar-refractivity contribution in [3.8, 4) is 0 Å². The van der Waals surface area contributed by atoms with Gasteiger partial charge >= 0.3 is 11.9 Å². The van der Waals surface area contributed by atoms with Gasteiger partial charge in [-0.25, -0.2) is 15.0 Å². The van der Waals surface area contributed by atoms with Gasteiger partial charge in [0.15, 0.2) is 17.7 Å². The molecule has 1 aliphatic rings. The summed E-state index contributed by atoms with van der Waals surface area (Å²) in [5, 5.41) is 22.4. The third-order valence-electron chi connectivity index (χ3n) is 14.0. The third kappa shape index (κ3) is 23.5. The van der Waals surface area contributed by atoms with Crippen LogP contribution in [0.25, 0.3) is 11.2 Å². The molecule has 0 amide bonds. The van der Waals surface area contributed by atoms with Crippen LogP contribution in [0.4, 0.5) is 5.82 Å². The van der Waals surface area contributed by atoms with Crippen LogP contribution in [0.2, 0.25) is 0 Å². The average Bonchev–Trinajstić information content (AvgIpc) is 3.88. The Hall–Kier alpha value is -2.87. The van der Waals surface area contributed by atoms with E-state index in [0.29, 0.717) is 30.9 Å². The van der Waals surface area contributed by atoms with Crippen LogP contribution < -0.4 is 5.73 Å². The zero-order chi connectivity index (χ0) is 48.3. The van der Waals surface area contributed by atoms with E-state index in [1.54, 1.807) is 4.57 Å². The molecule has 0 aromatic carbocycles. The van der Waals surface area contributed by atoms with Gasteiger partial charge in [-0.15, -0.1) is 0 Å². The van der Waals surface area contributed by atoms with Crippen molar-refractivity contribution in [1.82, 2.24) is 24.4 Å². The minimum atomic E-state index is -1.17. The second-order valence-electron chi connectivity index (χ2n) is 19.8. The van der Waals surface area contributed by atoms with Crippen LogP contribution >= 0.6 is 0 Å². The van der Waals surface area contributed by atoms with Crippen molar-refractivity contribution in [2.24, 2.45) is 11.8 Å². The Labute approximate surface area is 406 Å². The lowest BCUT2D eigenvalue weighted by molar-refractivity contribution is -0.150. The van der Waals surface area contributed by atoms with Crippen molar-refractivity contribution in [1.29, 1.82) is 0 Å². The van der Waals surface area contributed by atoms with Crippen LogP contribution in [0.3, 0.4) is 0 Å². The Kier molecular flexibility index (Phi) is 32.3. The van der Waals surface area contributed by atoms with Gasteiger partial charge < -0.3 is 35.1 Å². The van der Waals surface area contributed by atoms with Crippen molar-refractivity contribution in [3.05, 3.63) is 12.7 Å². The molecular formula is C54H98N6O7. The Bertz CT molecular complexity index is 1490. The SMILES string of the molecule is CCCCCCCCC(CCCCCC)C(=O)OCCCCCCN(CCCCCCOC(=O)C(CCCCCC)CCCCCCCC)CC1OC(n2cnc3c(N)ncnc32)C(O)C1O. The highest BCUT2D eigenvalue weighted by atomic mass is 16.6. The molecule has 67 heavy (non-hydrogen) atoms. The van der Waals surface area contributed by atoms with E-state index in [0.717, 1.165) is 116 Å². The molecular weight excluding hydrogens is 845 g/mol. The lowest BCUT2D eigenvalue weighted by Crippen LogP contribution is -2.40. The number of aromatic nitrogens is 4. The predicted molar refractivity (Wildman–Crippen MR) is 271 cm³/mol. The van der Waals surface area contributed by atoms with Crippen LogP contribution in [0, 0.1) is 11.8 Å². The third-order valence-corrected chi connectivity index (χ3v) is 14.0. The van der Waals surface area contributed by atoms with E-state index in [9.17, 15) is 19.8 Å². The summed E-state index contributed by atoms with van der Waals surface area (Å²) in [4.78, 5) is 41.4. The number of nitrogens with zero attached hydrogens (tertiary/aromatic N) is 5. The van der Waals surface area contributed by atoms with Crippen LogP contribution in [0.5, 0.6) is 0 Å². The first-order valence-corrected chi connectivity index (χ1v) is 27.8. The van der Waals surface area contributed by atoms with E-state index >= 15 is 0 Å². The number of hydrogen-bond acceptors (Lipinski definition) is 12. The van der Waals surface area contributed by atoms with Crippen molar-refractivity contribution in [2.45, 2.75) is 258 Å². The molecule has 386 valence electrons. The van der Waals surface area contributed by atoms with Crippen molar-refractivity contribution in [3.63, 3.8) is 0 Å². The lowest BCUT2D eigenvalue weighted by atomic mass is 9.94. The fourth-order valence-electron chi connectivity index (χ4n) is 9.62. The first-order valence-electron chi connectivity index (χ1n) is 27.8. The molecule has 0 spiro atoms. The highest BCUT2D eigenvalue weighted by Crippen LogP contribution is 2.33. The van der Waals surface area contributed by atoms with Gasteiger partial charge in [-0.3, -0.25) is 14.2 Å². The van der Waals surface area contributed by atoms with E-state index in [4.69, 9.17) is 19.9 Å². The molecule has 13 heteroatoms. The fourth-order valence-corrected chi connectivity index (χ4v) is 9.62. The molecule has 2 aromatic rings. The molecule has 0 bridgehead atoms. The Balaban J connectivity index is 1.48. The van der Waals surface area contributed by atoms with Gasteiger partial charge in [0.25, 0.3) is 0 Å². The number of anilines is 1. The largest absolute Gasteiger partial charge is 0.465 e. The number of carbonyl (C=O) groups is 2. The molecule has 6 atom stereocenters. The minimum Gasteiger partial charge on any atom is -0.465 e. The maximum absolute atomic E-state index is 13.2. The monoisotopic (exact) mass is 943 g/mol. The topological polar surface area (TPSA) is 175 Å². The number of imidazole rings is 1. The summed E-state index contributed by atoms with van der Waals surface area (Å²) in [6.07, 6.45) is 34.6. The van der Waals surface area contributed by atoms with E-state index in [1.807, 2.05) is 0 Å². The standard InChI is InChI=1S/C54H98N6O7/c1-5-9-13-17-19-27-35-44(33-25-15-11-7-3)53(63)65-39-31-23-21-29-37-59(41-46-48(61)49(62)52(67-46)60-43-58-47-50(55)56-42-57-51(47)60)38-30-22-24-32-40-66-54(64)45(34-26-16-12-8-4)36-28-20-18-14-10-6-2/h42-46,48-49,52,61-62H,5-41H2,1-4H3,(H2,55,56,57). The normalized spacial score (nSPS) is 18.3. The summed E-state index contributed by atoms with van der Waals surface area (Å²) in [6.45, 7) is 12.0. The predicted octanol–water partition coefficient (Wildman–Crippen LogP) is 12.2. The number of aliphatic hydroxyl groups excluding tert-OH is 2. The second-order valence-corrected chi connectivity index (χ2v) is 19.8. The van der Waals surface area contributed by atoms with Gasteiger partial charge in [0.2, 0.25) is 0 Å². The van der Waals surface area contributed by atoms with Crippen LogP contribution in [-0.2, 0) is 23.8 Å². The van der Waals surface area contributed by atoms with Crippen LogP contribution in [0.1, 0.15) is 239 Å². The van der Waals surface area contributed by atoms with Crippen LogP contribution in [-0.4, -0.2) is 97.7 Å². The number of carbonyl (C=O) groups excluding carboxylic acids is 2. The second kappa shape index (κ2) is 37.0. The van der Waals surface area contributed by atoms with Crippen molar-refractivity contribution < 1.29 is 34.0 Å². The molecule has 1 fully saturated rings. The van der Waals surface area contributed by atoms with Gasteiger partial charge in [0.1, 0.15) is 30.2 Å². The smallest absolute Gasteiger partial charge is 0.308 e. The van der Waals surface area contributed by atoms with Crippen molar-refractivity contribution >= 4 is 28.9 Å². The molecule has 13 nitrogen and oxygen atoms in total. The summed E-state index contributed by atoms with van der Waals surface area (Å²) < 4.78 is 19.7. The first kappa shape index (κ1) is 58.4. The summed E-state index contributed by atoms with van der Waals surface area (Å²) >= 11 is 0. The quantitative estimate of drug-likeness (QED) is 0.0424. The van der Waals surface area contributed by atoms with Gasteiger partial charge in [-0.2, -0.15) is 0 Å². The number of nitrogens with two attached hydrogens (primary N) is 1. The number of esters is 2. The van der Waals surface area contributed by atoms with Gasteiger partial charge in [-0.1, -0.05) is 182 Å². The highest BCUT2D eigenvalue weighted by molar-refractivity contribution is 5.81. The number of hydrogen-bond donors (Lipinski definition) is 3. The zero-order valence-corrected chi connectivity index (χ0v) is 43.0. The van der Waals surface area contributed by atoms with Gasteiger partial charge in [0, 0.05) is 6.54 Å². The number of fused-ring (bicyclic) bond motifs is 1. The molecule has 1 aliphatic heterocycles. The van der Waals surface area contributed by atoms with Crippen LogP contribution in [0.15, 0.2) is 12.7 Å². The molecule has 2 aromatic heterocycles. The first-order chi connectivity index (χ1) is 32.7. The number of ether oxygens (including phenoxy) is 3. The molecule has 4 N–H and O–H groups in total. The molecule has 6 unspecified atom stereocenters. The number of aliphatic hydroxyl groups is 2. The number of rotatable bonds is 43. The fraction of sp³-hybridized carbons (Fsp3) is 0.870. The molecule has 0 radical (unpaired) electrons. The summed E-state index contributed by atoms with van der Waals surface area (Å²) in [5.74, 6) is 0.278. The van der Waals surface area contributed by atoms with E-state index in [2.05, 4.69) is 47.5 Å². The van der Waals surface area contributed by atoms with E-state index in [-0.39, 0.29) is 29.6 Å². The van der Waals surface area contributed by atoms with Gasteiger partial charge in [-0.05, 0) is 64.5 Å². The lowest BCUT2D eigenvalue weighted by Gasteiger charge is -2.27. The van der Waals surface area contributed by atoms with Gasteiger partial charge in [0.05, 0.1) is 31.4 Å². The van der Waals surface area contributed by atoms with E-state index in [1.165, 1.54) is 115 Å². The Morgan fingerprint density at radius 3 is 1.49 bits per heavy atom. The Morgan fingerprint density at radius 1 is 0.597 bits per heavy atom. The zero-order valence-electron chi connectivity index (χ0n) is 43.0. The summed E-state index contributed by atoms with van der Waals surface area (Å²) in [5.41, 5.74) is 6.89. The maximum atomic E-state index is 13.2. The summed E-state index contributed by atoms with van der Waals surface area (Å²) in [7, 11) is 0. The number of nitrogen functional groups attached to an aromatic ring is 1. The molecule has 0 saturated carbocycles. The molecule has 1 saturated heterocycles. The Morgan fingerprint density at radius 2 is 1.01 bits per heavy atom. The minimum absolute atomic E-state index is 0.00453. The van der Waals surface area contributed by atoms with Crippen molar-refractivity contribution in [2.75, 3.05) is 38.6 Å². The highest BCUT2D eigenvalue weighted by Gasteiger charge is 2.45. The average molecular weight is 943 g/mol. The molecule has 3 rings (SSSR count). The summed E-state index contributed by atoms with van der Waals surface area (Å²) in [6, 6.07) is 0. The maximum Gasteiger partial charge on any atom is 0.308 e.